The van der Waals surface area contributed by atoms with Gasteiger partial charge in [0.2, 0.25) is 0 Å². The Morgan fingerprint density at radius 1 is 1.19 bits per heavy atom. The van der Waals surface area contributed by atoms with Crippen molar-refractivity contribution in [3.05, 3.63) is 29.6 Å². The lowest BCUT2D eigenvalue weighted by Crippen LogP contribution is -2.01. The van der Waals surface area contributed by atoms with Gasteiger partial charge >= 0.3 is 0 Å². The summed E-state index contributed by atoms with van der Waals surface area (Å²) >= 11 is 0. The molecule has 1 nitrogen and oxygen atoms in total. The largest absolute Gasteiger partial charge is 0.497 e. The molecule has 0 heterocycles. The molecule has 0 amide bonds. The van der Waals surface area contributed by atoms with Gasteiger partial charge < -0.3 is 4.74 Å². The summed E-state index contributed by atoms with van der Waals surface area (Å²) in [6.07, 6.45) is 4.29. The average molecular weight is 224 g/mol. The van der Waals surface area contributed by atoms with Crippen LogP contribution in [0.5, 0.6) is 5.75 Å². The number of methoxy groups -OCH3 is 1. The molecule has 90 valence electrons. The Balaban J connectivity index is 2.90. The lowest BCUT2D eigenvalue weighted by atomic mass is 9.90. The van der Waals surface area contributed by atoms with Gasteiger partial charge in [-0.3, -0.25) is 0 Å². The Labute approximate surface area is 97.6 Å². The van der Waals surface area contributed by atoms with E-state index in [4.69, 9.17) is 4.74 Å². The molecule has 0 N–H and O–H groups in total. The number of halogens is 1. The van der Waals surface area contributed by atoms with Gasteiger partial charge in [-0.2, -0.15) is 0 Å². The van der Waals surface area contributed by atoms with Crippen molar-refractivity contribution < 1.29 is 9.13 Å². The van der Waals surface area contributed by atoms with E-state index < -0.39 is 0 Å². The van der Waals surface area contributed by atoms with Crippen LogP contribution in [0, 0.1) is 5.82 Å². The zero-order valence-electron chi connectivity index (χ0n) is 10.4. The van der Waals surface area contributed by atoms with Gasteiger partial charge in [0.25, 0.3) is 0 Å². The lowest BCUT2D eigenvalue weighted by Gasteiger charge is -2.17. The third-order valence-corrected chi connectivity index (χ3v) is 2.92. The van der Waals surface area contributed by atoms with E-state index in [-0.39, 0.29) is 5.82 Å². The molecular formula is C14H21FO. The van der Waals surface area contributed by atoms with Gasteiger partial charge in [-0.25, -0.2) is 4.39 Å². The van der Waals surface area contributed by atoms with E-state index in [1.54, 1.807) is 7.11 Å². The Morgan fingerprint density at radius 2 is 1.81 bits per heavy atom. The maximum absolute atomic E-state index is 13.9. The van der Waals surface area contributed by atoms with E-state index in [2.05, 4.69) is 13.8 Å². The van der Waals surface area contributed by atoms with Crippen molar-refractivity contribution >= 4 is 0 Å². The van der Waals surface area contributed by atoms with Gasteiger partial charge in [0.05, 0.1) is 7.11 Å². The quantitative estimate of drug-likeness (QED) is 0.690. The van der Waals surface area contributed by atoms with Gasteiger partial charge in [0.15, 0.2) is 0 Å². The molecular weight excluding hydrogens is 203 g/mol. The van der Waals surface area contributed by atoms with Crippen molar-refractivity contribution in [3.8, 4) is 5.75 Å². The Hall–Kier alpha value is -1.05. The topological polar surface area (TPSA) is 9.23 Å². The maximum atomic E-state index is 13.9. The second kappa shape index (κ2) is 6.51. The van der Waals surface area contributed by atoms with Crippen LogP contribution in [0.1, 0.15) is 51.0 Å². The van der Waals surface area contributed by atoms with E-state index in [9.17, 15) is 4.39 Å². The number of benzene rings is 1. The summed E-state index contributed by atoms with van der Waals surface area (Å²) < 4.78 is 18.9. The SMILES string of the molecule is CCCC(CCC)c1ccc(OC)cc1F. The van der Waals surface area contributed by atoms with E-state index in [1.165, 1.54) is 6.07 Å². The fourth-order valence-corrected chi connectivity index (χ4v) is 2.12. The van der Waals surface area contributed by atoms with E-state index in [0.29, 0.717) is 11.7 Å². The van der Waals surface area contributed by atoms with E-state index in [0.717, 1.165) is 31.2 Å². The number of hydrogen-bond donors (Lipinski definition) is 0. The standard InChI is InChI=1S/C14H21FO/c1-4-6-11(7-5-2)13-9-8-12(16-3)10-14(13)15/h8-11H,4-7H2,1-3H3. The minimum absolute atomic E-state index is 0.133. The first kappa shape index (κ1) is 13.0. The molecule has 0 bridgehead atoms. The predicted molar refractivity (Wildman–Crippen MR) is 65.5 cm³/mol. The van der Waals surface area contributed by atoms with Crippen molar-refractivity contribution in [2.45, 2.75) is 45.4 Å². The Kier molecular flexibility index (Phi) is 5.30. The molecule has 0 aliphatic heterocycles. The zero-order valence-corrected chi connectivity index (χ0v) is 10.4. The van der Waals surface area contributed by atoms with Crippen molar-refractivity contribution in [2.75, 3.05) is 7.11 Å². The molecule has 0 aromatic heterocycles. The minimum Gasteiger partial charge on any atom is -0.497 e. The first-order valence-electron chi connectivity index (χ1n) is 6.06. The average Bonchev–Trinajstić information content (AvgIpc) is 2.29. The van der Waals surface area contributed by atoms with Crippen molar-refractivity contribution in [1.29, 1.82) is 0 Å². The number of ether oxygens (including phenoxy) is 1. The summed E-state index contributed by atoms with van der Waals surface area (Å²) in [7, 11) is 1.56. The van der Waals surface area contributed by atoms with Crippen molar-refractivity contribution in [2.24, 2.45) is 0 Å². The second-order valence-electron chi connectivity index (χ2n) is 4.16. The highest BCUT2D eigenvalue weighted by Gasteiger charge is 2.14. The molecule has 0 spiro atoms. The first-order chi connectivity index (χ1) is 7.72. The third kappa shape index (κ3) is 3.22. The molecule has 0 fully saturated rings. The highest BCUT2D eigenvalue weighted by Crippen LogP contribution is 2.30. The molecule has 1 aromatic rings. The summed E-state index contributed by atoms with van der Waals surface area (Å²) in [4.78, 5) is 0. The molecule has 1 rings (SSSR count). The van der Waals surface area contributed by atoms with Gasteiger partial charge in [-0.05, 0) is 30.4 Å². The molecule has 0 atom stereocenters. The molecule has 0 aliphatic rings. The number of hydrogen-bond acceptors (Lipinski definition) is 1. The molecule has 2 heteroatoms. The molecule has 0 unspecified atom stereocenters. The van der Waals surface area contributed by atoms with Crippen LogP contribution in [0.4, 0.5) is 4.39 Å². The molecule has 1 aromatic carbocycles. The Morgan fingerprint density at radius 3 is 2.25 bits per heavy atom. The molecule has 0 saturated heterocycles. The normalized spacial score (nSPS) is 10.8. The smallest absolute Gasteiger partial charge is 0.130 e. The summed E-state index contributed by atoms with van der Waals surface area (Å²) in [5.41, 5.74) is 0.838. The molecule has 0 aliphatic carbocycles. The van der Waals surface area contributed by atoms with Crippen molar-refractivity contribution in [3.63, 3.8) is 0 Å². The van der Waals surface area contributed by atoms with Gasteiger partial charge in [-0.1, -0.05) is 32.8 Å². The number of rotatable bonds is 6. The van der Waals surface area contributed by atoms with Crippen LogP contribution in [0.3, 0.4) is 0 Å². The zero-order chi connectivity index (χ0) is 12.0. The van der Waals surface area contributed by atoms with Crippen LogP contribution >= 0.6 is 0 Å². The van der Waals surface area contributed by atoms with Gasteiger partial charge in [0, 0.05) is 6.07 Å². The van der Waals surface area contributed by atoms with Crippen LogP contribution in [0.15, 0.2) is 18.2 Å². The fourth-order valence-electron chi connectivity index (χ4n) is 2.12. The van der Waals surface area contributed by atoms with Gasteiger partial charge in [0.1, 0.15) is 11.6 Å². The predicted octanol–water partition coefficient (Wildman–Crippen LogP) is 4.52. The molecule has 0 radical (unpaired) electrons. The van der Waals surface area contributed by atoms with Crippen LogP contribution < -0.4 is 4.74 Å². The van der Waals surface area contributed by atoms with Gasteiger partial charge in [-0.15, -0.1) is 0 Å². The van der Waals surface area contributed by atoms with Crippen molar-refractivity contribution in [1.82, 2.24) is 0 Å². The molecule has 0 saturated carbocycles. The summed E-state index contributed by atoms with van der Waals surface area (Å²) in [6, 6.07) is 5.19. The summed E-state index contributed by atoms with van der Waals surface area (Å²) in [6.45, 7) is 4.29. The van der Waals surface area contributed by atoms with E-state index in [1.807, 2.05) is 12.1 Å². The lowest BCUT2D eigenvalue weighted by molar-refractivity contribution is 0.409. The monoisotopic (exact) mass is 224 g/mol. The second-order valence-corrected chi connectivity index (χ2v) is 4.16. The Bertz CT molecular complexity index is 317. The summed E-state index contributed by atoms with van der Waals surface area (Å²) in [5, 5.41) is 0. The first-order valence-corrected chi connectivity index (χ1v) is 6.06. The van der Waals surface area contributed by atoms with E-state index >= 15 is 0 Å². The minimum atomic E-state index is -0.133. The molecule has 16 heavy (non-hydrogen) atoms. The van der Waals surface area contributed by atoms with Crippen LogP contribution in [-0.2, 0) is 0 Å². The highest BCUT2D eigenvalue weighted by molar-refractivity contribution is 5.31. The van der Waals surface area contributed by atoms with Crippen LogP contribution in [-0.4, -0.2) is 7.11 Å². The highest BCUT2D eigenvalue weighted by atomic mass is 19.1. The fraction of sp³-hybridized carbons (Fsp3) is 0.571. The maximum Gasteiger partial charge on any atom is 0.130 e. The van der Waals surface area contributed by atoms with Crippen LogP contribution in [0.2, 0.25) is 0 Å². The third-order valence-electron chi connectivity index (χ3n) is 2.92. The summed E-state index contributed by atoms with van der Waals surface area (Å²) in [5.74, 6) is 0.806. The van der Waals surface area contributed by atoms with Crippen LogP contribution in [0.25, 0.3) is 0 Å².